The zero-order valence-electron chi connectivity index (χ0n) is 28.0. The number of hydrazine groups is 1. The molecule has 11 nitrogen and oxygen atoms in total. The number of hydrogen-bond acceptors (Lipinski definition) is 7. The maximum absolute atomic E-state index is 14.4. The van der Waals surface area contributed by atoms with E-state index in [-0.39, 0.29) is 44.1 Å². The predicted octanol–water partition coefficient (Wildman–Crippen LogP) is 4.18. The van der Waals surface area contributed by atoms with Crippen LogP contribution in [0.15, 0.2) is 91.0 Å². The molecule has 11 heteroatoms. The average molecular weight is 666 g/mol. The maximum Gasteiger partial charge on any atom is 0.332 e. The Morgan fingerprint density at radius 2 is 1.65 bits per heavy atom. The van der Waals surface area contributed by atoms with Gasteiger partial charge in [-0.2, -0.15) is 5.01 Å². The summed E-state index contributed by atoms with van der Waals surface area (Å²) in [5.74, 6) is 1.02. The Kier molecular flexibility index (Phi) is 10.6. The Hall–Kier alpha value is -5.13. The Morgan fingerprint density at radius 1 is 0.939 bits per heavy atom. The molecular weight excluding hydrogens is 622 g/mol. The van der Waals surface area contributed by atoms with E-state index in [1.54, 1.807) is 29.2 Å². The number of carbonyl (C=O) groups excluding carboxylic acids is 3. The van der Waals surface area contributed by atoms with Gasteiger partial charge in [-0.05, 0) is 58.1 Å². The van der Waals surface area contributed by atoms with Gasteiger partial charge >= 0.3 is 6.03 Å². The van der Waals surface area contributed by atoms with Crippen LogP contribution < -0.4 is 14.8 Å². The molecule has 0 saturated carbocycles. The average Bonchev–Trinajstić information content (AvgIpc) is 3.46. The summed E-state index contributed by atoms with van der Waals surface area (Å²) < 4.78 is 10.8. The molecule has 0 radical (unpaired) electrons. The van der Waals surface area contributed by atoms with Crippen molar-refractivity contribution in [2.45, 2.75) is 45.1 Å². The number of fused-ring (bicyclic) bond motifs is 2. The zero-order chi connectivity index (χ0) is 34.3. The molecule has 0 bridgehead atoms. The Labute approximate surface area is 286 Å². The summed E-state index contributed by atoms with van der Waals surface area (Å²) in [5, 5.41) is 17.8. The van der Waals surface area contributed by atoms with Gasteiger partial charge in [0.2, 0.25) is 11.8 Å². The van der Waals surface area contributed by atoms with Crippen molar-refractivity contribution in [2.24, 2.45) is 0 Å². The van der Waals surface area contributed by atoms with Crippen molar-refractivity contribution < 1.29 is 29.0 Å². The van der Waals surface area contributed by atoms with Crippen LogP contribution in [-0.2, 0) is 29.1 Å². The van der Waals surface area contributed by atoms with Crippen LogP contribution in [-0.4, -0.2) is 94.9 Å². The highest BCUT2D eigenvalue weighted by atomic mass is 16.5. The largest absolute Gasteiger partial charge is 0.497 e. The van der Waals surface area contributed by atoms with E-state index in [4.69, 9.17) is 14.6 Å². The van der Waals surface area contributed by atoms with E-state index in [0.717, 1.165) is 33.2 Å². The molecule has 4 aromatic carbocycles. The minimum absolute atomic E-state index is 0.0134. The molecule has 2 atom stereocenters. The quantitative estimate of drug-likeness (QED) is 0.220. The number of methoxy groups -OCH3 is 1. The number of aliphatic hydroxyl groups excluding tert-OH is 1. The van der Waals surface area contributed by atoms with Crippen molar-refractivity contribution in [3.8, 4) is 11.5 Å². The number of amides is 4. The summed E-state index contributed by atoms with van der Waals surface area (Å²) in [5.41, 5.74) is 2.80. The lowest BCUT2D eigenvalue weighted by molar-refractivity contribution is -0.157. The fourth-order valence-corrected chi connectivity index (χ4v) is 6.71. The normalized spacial score (nSPS) is 17.7. The molecule has 0 aromatic heterocycles. The molecule has 49 heavy (non-hydrogen) atoms. The van der Waals surface area contributed by atoms with Crippen LogP contribution in [0.1, 0.15) is 30.0 Å². The van der Waals surface area contributed by atoms with Gasteiger partial charge in [-0.15, -0.1) is 0 Å². The summed E-state index contributed by atoms with van der Waals surface area (Å²) in [6, 6.07) is 28.0. The van der Waals surface area contributed by atoms with Gasteiger partial charge in [0.05, 0.1) is 26.8 Å². The standard InChI is InChI=1S/C38H43N5O6/c1-3-19-41(38(47)39-23-28-13-15-31(48-2)16-14-28)42-26-36(45)43-34(22-27-11-17-32(18-12-27)49-21-20-44)37(46)40(25-35(42)43)24-30-9-6-8-29-7-4-5-10-33(29)30/h4-18,34-35,44H,3,19-26H2,1-2H3,(H,39,47)/t34-,35+/m0/s1. The van der Waals surface area contributed by atoms with Crippen molar-refractivity contribution in [1.29, 1.82) is 0 Å². The molecule has 2 aliphatic rings. The van der Waals surface area contributed by atoms with Crippen molar-refractivity contribution in [3.05, 3.63) is 108 Å². The van der Waals surface area contributed by atoms with E-state index in [2.05, 4.69) is 23.5 Å². The molecule has 2 saturated heterocycles. The van der Waals surface area contributed by atoms with E-state index >= 15 is 0 Å². The highest BCUT2D eigenvalue weighted by Gasteiger charge is 2.52. The highest BCUT2D eigenvalue weighted by Crippen LogP contribution is 2.31. The molecule has 0 unspecified atom stereocenters. The molecule has 2 aliphatic heterocycles. The lowest BCUT2D eigenvalue weighted by atomic mass is 9.99. The fraction of sp³-hybridized carbons (Fsp3) is 0.342. The fourth-order valence-electron chi connectivity index (χ4n) is 6.71. The number of ether oxygens (including phenoxy) is 2. The van der Waals surface area contributed by atoms with E-state index in [9.17, 15) is 14.4 Å². The second-order valence-corrected chi connectivity index (χ2v) is 12.3. The van der Waals surface area contributed by atoms with Crippen LogP contribution in [0.25, 0.3) is 10.8 Å². The first-order valence-electron chi connectivity index (χ1n) is 16.7. The molecule has 0 aliphatic carbocycles. The summed E-state index contributed by atoms with van der Waals surface area (Å²) in [6.45, 7) is 3.42. The smallest absolute Gasteiger partial charge is 0.332 e. The number of benzene rings is 4. The van der Waals surface area contributed by atoms with Crippen molar-refractivity contribution in [1.82, 2.24) is 25.1 Å². The molecule has 4 amide bonds. The van der Waals surface area contributed by atoms with Gasteiger partial charge < -0.3 is 29.7 Å². The summed E-state index contributed by atoms with van der Waals surface area (Å²) in [4.78, 5) is 45.5. The zero-order valence-corrected chi connectivity index (χ0v) is 28.0. The van der Waals surface area contributed by atoms with Crippen molar-refractivity contribution in [2.75, 3.05) is 40.0 Å². The third kappa shape index (κ3) is 7.48. The topological polar surface area (TPSA) is 115 Å². The van der Waals surface area contributed by atoms with Gasteiger partial charge in [-0.3, -0.25) is 14.6 Å². The Morgan fingerprint density at radius 3 is 2.39 bits per heavy atom. The third-order valence-corrected chi connectivity index (χ3v) is 9.10. The number of hydrogen-bond donors (Lipinski definition) is 2. The molecule has 0 spiro atoms. The summed E-state index contributed by atoms with van der Waals surface area (Å²) in [6.07, 6.45) is 0.453. The molecule has 2 N–H and O–H groups in total. The van der Waals surface area contributed by atoms with E-state index in [0.29, 0.717) is 38.2 Å². The molecule has 2 fully saturated rings. The number of nitrogens with one attached hydrogen (secondary N) is 1. The Balaban J connectivity index is 1.28. The number of carbonyl (C=O) groups is 3. The molecule has 256 valence electrons. The number of urea groups is 1. The summed E-state index contributed by atoms with van der Waals surface area (Å²) >= 11 is 0. The third-order valence-electron chi connectivity index (χ3n) is 9.10. The van der Waals surface area contributed by atoms with Gasteiger partial charge in [0, 0.05) is 26.1 Å². The van der Waals surface area contributed by atoms with Crippen LogP contribution in [0, 0.1) is 0 Å². The number of nitrogens with zero attached hydrogens (tertiary/aromatic N) is 4. The lowest BCUT2D eigenvalue weighted by Crippen LogP contribution is -2.66. The first kappa shape index (κ1) is 33.8. The first-order chi connectivity index (χ1) is 23.9. The van der Waals surface area contributed by atoms with Gasteiger partial charge in [0.1, 0.15) is 30.3 Å². The van der Waals surface area contributed by atoms with Crippen LogP contribution in [0.2, 0.25) is 0 Å². The lowest BCUT2D eigenvalue weighted by Gasteiger charge is -2.46. The first-order valence-corrected chi connectivity index (χ1v) is 16.7. The second kappa shape index (κ2) is 15.4. The van der Waals surface area contributed by atoms with Crippen LogP contribution in [0.4, 0.5) is 4.79 Å². The number of piperazine rings is 1. The van der Waals surface area contributed by atoms with E-state index < -0.39 is 12.2 Å². The number of aliphatic hydroxyl groups is 1. The predicted molar refractivity (Wildman–Crippen MR) is 185 cm³/mol. The minimum atomic E-state index is -0.763. The van der Waals surface area contributed by atoms with Gasteiger partial charge in [-0.1, -0.05) is 73.7 Å². The van der Waals surface area contributed by atoms with Crippen molar-refractivity contribution in [3.63, 3.8) is 0 Å². The van der Waals surface area contributed by atoms with E-state index in [1.165, 1.54) is 0 Å². The van der Waals surface area contributed by atoms with Crippen LogP contribution in [0.5, 0.6) is 11.5 Å². The monoisotopic (exact) mass is 665 g/mol. The molecule has 2 heterocycles. The SMILES string of the molecule is CCCN(C(=O)NCc1ccc(OC)cc1)N1CC(=O)N2[C@@H](Cc3ccc(OCCO)cc3)C(=O)N(Cc3cccc4ccccc34)C[C@@H]21. The van der Waals surface area contributed by atoms with Gasteiger partial charge in [-0.25, -0.2) is 4.79 Å². The van der Waals surface area contributed by atoms with Gasteiger partial charge in [0.25, 0.3) is 0 Å². The van der Waals surface area contributed by atoms with Crippen molar-refractivity contribution >= 4 is 28.6 Å². The van der Waals surface area contributed by atoms with Crippen LogP contribution in [0.3, 0.4) is 0 Å². The van der Waals surface area contributed by atoms with Gasteiger partial charge in [0.15, 0.2) is 0 Å². The molecular formula is C38H43N5O6. The highest BCUT2D eigenvalue weighted by molar-refractivity contribution is 5.92. The van der Waals surface area contributed by atoms with E-state index in [1.807, 2.05) is 77.5 Å². The second-order valence-electron chi connectivity index (χ2n) is 12.3. The summed E-state index contributed by atoms with van der Waals surface area (Å²) in [7, 11) is 1.61. The maximum atomic E-state index is 14.4. The Bertz CT molecular complexity index is 1760. The van der Waals surface area contributed by atoms with Crippen LogP contribution >= 0.6 is 0 Å². The molecule has 4 aromatic rings. The minimum Gasteiger partial charge on any atom is -0.497 e. The molecule has 6 rings (SSSR count). The number of rotatable bonds is 13.